The van der Waals surface area contributed by atoms with Gasteiger partial charge in [0.05, 0.1) is 25.7 Å². The van der Waals surface area contributed by atoms with Gasteiger partial charge in [-0.3, -0.25) is 0 Å². The Labute approximate surface area is 266 Å². The molecule has 0 radical (unpaired) electrons. The number of hydrogen-bond donors (Lipinski definition) is 0. The predicted molar refractivity (Wildman–Crippen MR) is 191 cm³/mol. The molecule has 0 saturated heterocycles. The van der Waals surface area contributed by atoms with Crippen LogP contribution < -0.4 is 0 Å². The Morgan fingerprint density at radius 1 is 0.558 bits per heavy atom. The van der Waals surface area contributed by atoms with Crippen molar-refractivity contribution in [2.75, 3.05) is 0 Å². The van der Waals surface area contributed by atoms with Crippen molar-refractivity contribution in [1.29, 1.82) is 0 Å². The van der Waals surface area contributed by atoms with E-state index in [0.717, 1.165) is 33.5 Å². The van der Waals surface area contributed by atoms with E-state index in [1.165, 1.54) is 50.8 Å². The van der Waals surface area contributed by atoms with Crippen molar-refractivity contribution in [3.8, 4) is 32.3 Å². The van der Waals surface area contributed by atoms with Crippen LogP contribution >= 0.6 is 34.0 Å². The maximum Gasteiger partial charge on any atom is 0.109 e. The summed E-state index contributed by atoms with van der Waals surface area (Å²) in [4.78, 5) is 16.2. The maximum atomic E-state index is 5.50. The van der Waals surface area contributed by atoms with Gasteiger partial charge in [-0.25, -0.2) is 9.97 Å². The SMILES string of the molecule is Cc1c(C)c2cc(C(C)(C)C)sc2c2sc(-c3sc(C(C)(C)C)c4nc(-c5ccccc5)c(-c5ccccc5)nc34)cc12. The Hall–Kier alpha value is -3.38. The number of thiophene rings is 3. The topological polar surface area (TPSA) is 25.8 Å². The molecule has 2 nitrogen and oxygen atoms in total. The van der Waals surface area contributed by atoms with E-state index < -0.39 is 0 Å². The highest BCUT2D eigenvalue weighted by molar-refractivity contribution is 7.31. The first-order valence-electron chi connectivity index (χ1n) is 14.8. The summed E-state index contributed by atoms with van der Waals surface area (Å²) >= 11 is 5.75. The van der Waals surface area contributed by atoms with Crippen LogP contribution in [0.4, 0.5) is 0 Å². The fourth-order valence-electron chi connectivity index (χ4n) is 5.78. The quantitative estimate of drug-likeness (QED) is 0.197. The Morgan fingerprint density at radius 2 is 1.07 bits per heavy atom. The molecule has 0 spiro atoms. The van der Waals surface area contributed by atoms with Gasteiger partial charge in [0.1, 0.15) is 11.0 Å². The lowest BCUT2D eigenvalue weighted by molar-refractivity contribution is 0.604. The van der Waals surface area contributed by atoms with Gasteiger partial charge in [-0.05, 0) is 58.7 Å². The first-order chi connectivity index (χ1) is 20.4. The van der Waals surface area contributed by atoms with E-state index in [9.17, 15) is 0 Å². The molecule has 0 aliphatic rings. The van der Waals surface area contributed by atoms with E-state index in [0.29, 0.717) is 0 Å². The fourth-order valence-corrected chi connectivity index (χ4v) is 9.77. The van der Waals surface area contributed by atoms with Crippen molar-refractivity contribution < 1.29 is 0 Å². The van der Waals surface area contributed by atoms with Crippen molar-refractivity contribution in [3.63, 3.8) is 0 Å². The molecule has 0 N–H and O–H groups in total. The third kappa shape index (κ3) is 4.73. The summed E-state index contributed by atoms with van der Waals surface area (Å²) in [5.41, 5.74) is 8.90. The first kappa shape index (κ1) is 28.4. The van der Waals surface area contributed by atoms with Crippen molar-refractivity contribution in [3.05, 3.63) is 93.7 Å². The summed E-state index contributed by atoms with van der Waals surface area (Å²) in [6.07, 6.45) is 0. The first-order valence-corrected chi connectivity index (χ1v) is 17.3. The third-order valence-electron chi connectivity index (χ3n) is 8.31. The van der Waals surface area contributed by atoms with Crippen molar-refractivity contribution in [2.24, 2.45) is 0 Å². The van der Waals surface area contributed by atoms with Gasteiger partial charge in [-0.1, -0.05) is 102 Å². The van der Waals surface area contributed by atoms with Crippen molar-refractivity contribution in [1.82, 2.24) is 9.97 Å². The summed E-state index contributed by atoms with van der Waals surface area (Å²) in [5, 5.41) is 2.77. The van der Waals surface area contributed by atoms with E-state index in [-0.39, 0.29) is 10.8 Å². The molecule has 0 aliphatic carbocycles. The molecule has 3 aromatic carbocycles. The zero-order chi connectivity index (χ0) is 30.3. The summed E-state index contributed by atoms with van der Waals surface area (Å²) in [6, 6.07) is 25.9. The minimum absolute atomic E-state index is 0.0656. The molecule has 7 aromatic rings. The fraction of sp³-hybridized carbons (Fsp3) is 0.263. The molecule has 0 fully saturated rings. The normalized spacial score (nSPS) is 12.7. The van der Waals surface area contributed by atoms with Crippen LogP contribution in [0.3, 0.4) is 0 Å². The molecule has 4 aromatic heterocycles. The van der Waals surface area contributed by atoms with Gasteiger partial charge in [-0.2, -0.15) is 0 Å². The van der Waals surface area contributed by atoms with E-state index in [1.807, 2.05) is 34.0 Å². The standard InChI is InChI=1S/C38H36N2S3/c1-21-22(2)26-20-28(37(3,4)5)42-34(26)33-25(21)19-27(41-33)35-31-32(36(43-35)38(6,7)8)40-30(24-17-13-10-14-18-24)29(39-31)23-15-11-9-12-16-23/h9-20H,1-8H3. The second-order valence-electron chi connectivity index (χ2n) is 13.6. The van der Waals surface area contributed by atoms with Gasteiger partial charge in [0.15, 0.2) is 0 Å². The molecule has 5 heteroatoms. The summed E-state index contributed by atoms with van der Waals surface area (Å²) in [7, 11) is 0. The van der Waals surface area contributed by atoms with Gasteiger partial charge in [-0.15, -0.1) is 34.0 Å². The molecule has 7 rings (SSSR count). The van der Waals surface area contributed by atoms with Gasteiger partial charge < -0.3 is 0 Å². The Morgan fingerprint density at radius 3 is 1.60 bits per heavy atom. The van der Waals surface area contributed by atoms with Crippen LogP contribution in [0.1, 0.15) is 62.4 Å². The highest BCUT2D eigenvalue weighted by Gasteiger charge is 2.28. The lowest BCUT2D eigenvalue weighted by Gasteiger charge is -2.17. The molecule has 0 atom stereocenters. The summed E-state index contributed by atoms with van der Waals surface area (Å²) < 4.78 is 2.81. The lowest BCUT2D eigenvalue weighted by atomic mass is 9.93. The molecule has 0 saturated carbocycles. The van der Waals surface area contributed by atoms with Crippen molar-refractivity contribution >= 4 is 65.2 Å². The van der Waals surface area contributed by atoms with Crippen LogP contribution in [0.2, 0.25) is 0 Å². The smallest absolute Gasteiger partial charge is 0.109 e. The predicted octanol–water partition coefficient (Wildman–Crippen LogP) is 12.3. The Kier molecular flexibility index (Phi) is 6.66. The zero-order valence-corrected chi connectivity index (χ0v) is 28.5. The molecule has 216 valence electrons. The van der Waals surface area contributed by atoms with E-state index >= 15 is 0 Å². The highest BCUT2D eigenvalue weighted by atomic mass is 32.1. The molecular weight excluding hydrogens is 581 g/mol. The number of hydrogen-bond acceptors (Lipinski definition) is 5. The van der Waals surface area contributed by atoms with E-state index in [1.54, 1.807) is 0 Å². The van der Waals surface area contributed by atoms with Gasteiger partial charge in [0, 0.05) is 25.8 Å². The van der Waals surface area contributed by atoms with Gasteiger partial charge >= 0.3 is 0 Å². The van der Waals surface area contributed by atoms with Crippen LogP contribution in [0.25, 0.3) is 63.5 Å². The Bertz CT molecular complexity index is 2150. The minimum Gasteiger partial charge on any atom is -0.243 e. The molecule has 43 heavy (non-hydrogen) atoms. The van der Waals surface area contributed by atoms with Gasteiger partial charge in [0.25, 0.3) is 0 Å². The lowest BCUT2D eigenvalue weighted by Crippen LogP contribution is -2.09. The van der Waals surface area contributed by atoms with Gasteiger partial charge in [0.2, 0.25) is 0 Å². The van der Waals surface area contributed by atoms with Crippen LogP contribution in [0, 0.1) is 13.8 Å². The number of aromatic nitrogens is 2. The molecular formula is C38H36N2S3. The second kappa shape index (κ2) is 10.1. The molecule has 4 heterocycles. The molecule has 0 bridgehead atoms. The molecule has 0 amide bonds. The zero-order valence-electron chi connectivity index (χ0n) is 26.0. The van der Waals surface area contributed by atoms with E-state index in [2.05, 4.69) is 128 Å². The second-order valence-corrected chi connectivity index (χ2v) is 16.7. The molecule has 0 unspecified atom stereocenters. The number of nitrogens with zero attached hydrogens (tertiary/aromatic N) is 2. The number of rotatable bonds is 3. The Balaban J connectivity index is 1.55. The largest absolute Gasteiger partial charge is 0.243 e. The number of fused-ring (bicyclic) bond motifs is 4. The van der Waals surface area contributed by atoms with Crippen LogP contribution in [0.5, 0.6) is 0 Å². The number of benzene rings is 3. The average Bonchev–Trinajstić information content (AvgIpc) is 3.71. The summed E-state index contributed by atoms with van der Waals surface area (Å²) in [6.45, 7) is 18.4. The minimum atomic E-state index is -0.0656. The average molecular weight is 617 g/mol. The van der Waals surface area contributed by atoms with Crippen LogP contribution in [0.15, 0.2) is 72.8 Å². The highest BCUT2D eigenvalue weighted by Crippen LogP contribution is 2.50. The number of aryl methyl sites for hydroxylation is 2. The van der Waals surface area contributed by atoms with E-state index in [4.69, 9.17) is 9.97 Å². The van der Waals surface area contributed by atoms with Crippen molar-refractivity contribution in [2.45, 2.75) is 66.2 Å². The van der Waals surface area contributed by atoms with Crippen LogP contribution in [-0.4, -0.2) is 9.97 Å². The maximum absolute atomic E-state index is 5.50. The monoisotopic (exact) mass is 616 g/mol. The van der Waals surface area contributed by atoms with Crippen LogP contribution in [-0.2, 0) is 10.8 Å². The summed E-state index contributed by atoms with van der Waals surface area (Å²) in [5.74, 6) is 0. The third-order valence-corrected chi connectivity index (χ3v) is 12.9. The molecule has 0 aliphatic heterocycles.